The van der Waals surface area contributed by atoms with Gasteiger partial charge in [-0.3, -0.25) is 0 Å². The summed E-state index contributed by atoms with van der Waals surface area (Å²) in [6.45, 7) is 0.956. The molecule has 0 unspecified atom stereocenters. The smallest absolute Gasteiger partial charge is 0.242 e. The molecule has 0 saturated heterocycles. The van der Waals surface area contributed by atoms with Gasteiger partial charge >= 0.3 is 0 Å². The van der Waals surface area contributed by atoms with Crippen LogP contribution in [0.15, 0.2) is 23.1 Å². The largest absolute Gasteiger partial charge is 0.398 e. The van der Waals surface area contributed by atoms with Gasteiger partial charge in [0.25, 0.3) is 0 Å². The highest BCUT2D eigenvalue weighted by Crippen LogP contribution is 2.22. The molecular formula is C14H22FN3O2S. The van der Waals surface area contributed by atoms with E-state index in [9.17, 15) is 12.8 Å². The van der Waals surface area contributed by atoms with E-state index in [-0.39, 0.29) is 10.6 Å². The van der Waals surface area contributed by atoms with Crippen LogP contribution in [0.5, 0.6) is 0 Å². The Morgan fingerprint density at radius 1 is 1.38 bits per heavy atom. The first-order valence-electron chi connectivity index (χ1n) is 7.15. The van der Waals surface area contributed by atoms with Crippen LogP contribution in [0.1, 0.15) is 25.7 Å². The lowest BCUT2D eigenvalue weighted by molar-refractivity contribution is 0.250. The first-order valence-corrected chi connectivity index (χ1v) is 8.63. The minimum atomic E-state index is -3.70. The highest BCUT2D eigenvalue weighted by atomic mass is 32.2. The van der Waals surface area contributed by atoms with Gasteiger partial charge in [0.05, 0.1) is 5.69 Å². The number of nitrogen functional groups attached to an aromatic ring is 1. The number of halogens is 1. The van der Waals surface area contributed by atoms with Gasteiger partial charge in [-0.05, 0) is 38.1 Å². The molecule has 5 nitrogen and oxygen atoms in total. The van der Waals surface area contributed by atoms with Crippen LogP contribution in [0.25, 0.3) is 0 Å². The minimum Gasteiger partial charge on any atom is -0.398 e. The highest BCUT2D eigenvalue weighted by molar-refractivity contribution is 7.89. The molecule has 1 saturated carbocycles. The second-order valence-electron chi connectivity index (χ2n) is 5.50. The molecule has 0 aromatic heterocycles. The average Bonchev–Trinajstić information content (AvgIpc) is 2.91. The second-order valence-corrected chi connectivity index (χ2v) is 7.23. The molecular weight excluding hydrogens is 293 g/mol. The number of sulfonamides is 1. The summed E-state index contributed by atoms with van der Waals surface area (Å²) in [6, 6.07) is 3.84. The fourth-order valence-corrected chi connectivity index (χ4v) is 3.86. The number of hydrogen-bond donors (Lipinski definition) is 2. The molecule has 7 heteroatoms. The summed E-state index contributed by atoms with van der Waals surface area (Å²) >= 11 is 0. The Balaban J connectivity index is 1.92. The van der Waals surface area contributed by atoms with Gasteiger partial charge in [-0.2, -0.15) is 0 Å². The predicted molar refractivity (Wildman–Crippen MR) is 80.9 cm³/mol. The van der Waals surface area contributed by atoms with Crippen molar-refractivity contribution >= 4 is 15.7 Å². The molecule has 3 N–H and O–H groups in total. The van der Waals surface area contributed by atoms with E-state index in [1.54, 1.807) is 0 Å². The number of benzene rings is 1. The van der Waals surface area contributed by atoms with Crippen molar-refractivity contribution in [2.45, 2.75) is 36.6 Å². The average molecular weight is 315 g/mol. The summed E-state index contributed by atoms with van der Waals surface area (Å²) in [5.41, 5.74) is 5.49. The van der Waals surface area contributed by atoms with E-state index in [0.29, 0.717) is 19.1 Å². The lowest BCUT2D eigenvalue weighted by Gasteiger charge is -2.23. The lowest BCUT2D eigenvalue weighted by atomic mass is 10.2. The van der Waals surface area contributed by atoms with Gasteiger partial charge in [-0.15, -0.1) is 0 Å². The molecule has 0 bridgehead atoms. The zero-order valence-electron chi connectivity index (χ0n) is 12.2. The Morgan fingerprint density at radius 3 is 2.67 bits per heavy atom. The predicted octanol–water partition coefficient (Wildman–Crippen LogP) is 1.56. The lowest BCUT2D eigenvalue weighted by Crippen LogP contribution is -2.37. The molecule has 1 fully saturated rings. The van der Waals surface area contributed by atoms with Gasteiger partial charge in [0.2, 0.25) is 10.0 Å². The highest BCUT2D eigenvalue weighted by Gasteiger charge is 2.21. The molecule has 21 heavy (non-hydrogen) atoms. The van der Waals surface area contributed by atoms with Crippen LogP contribution < -0.4 is 10.5 Å². The second kappa shape index (κ2) is 6.72. The number of likely N-dealkylation sites (N-methyl/N-ethyl adjacent to an activating group) is 1. The Kier molecular flexibility index (Phi) is 5.18. The van der Waals surface area contributed by atoms with Crippen molar-refractivity contribution in [2.24, 2.45) is 0 Å². The van der Waals surface area contributed by atoms with Crippen LogP contribution in [0, 0.1) is 5.82 Å². The van der Waals surface area contributed by atoms with Crippen LogP contribution in [0.4, 0.5) is 10.1 Å². The first-order chi connectivity index (χ1) is 9.90. The van der Waals surface area contributed by atoms with E-state index in [4.69, 9.17) is 5.73 Å². The molecule has 118 valence electrons. The van der Waals surface area contributed by atoms with Crippen molar-refractivity contribution < 1.29 is 12.8 Å². The van der Waals surface area contributed by atoms with E-state index in [0.717, 1.165) is 12.1 Å². The minimum absolute atomic E-state index is 0.0765. The van der Waals surface area contributed by atoms with Gasteiger partial charge in [0.15, 0.2) is 0 Å². The van der Waals surface area contributed by atoms with E-state index in [1.165, 1.54) is 31.7 Å². The zero-order chi connectivity index (χ0) is 15.5. The molecule has 0 radical (unpaired) electrons. The fourth-order valence-electron chi connectivity index (χ4n) is 2.73. The molecule has 1 aliphatic rings. The molecule has 0 atom stereocenters. The first kappa shape index (κ1) is 16.2. The summed E-state index contributed by atoms with van der Waals surface area (Å²) in [5.74, 6) is -0.549. The van der Waals surface area contributed by atoms with Crippen LogP contribution in [-0.4, -0.2) is 39.5 Å². The van der Waals surface area contributed by atoms with E-state index < -0.39 is 15.8 Å². The Morgan fingerprint density at radius 2 is 2.05 bits per heavy atom. The molecule has 1 aromatic carbocycles. The molecule has 0 amide bonds. The Labute approximate surface area is 125 Å². The molecule has 0 heterocycles. The van der Waals surface area contributed by atoms with Crippen molar-refractivity contribution in [3.05, 3.63) is 24.0 Å². The number of nitrogens with two attached hydrogens (primary N) is 1. The summed E-state index contributed by atoms with van der Waals surface area (Å²) in [5, 5.41) is 0. The van der Waals surface area contributed by atoms with Gasteiger partial charge in [-0.1, -0.05) is 12.8 Å². The van der Waals surface area contributed by atoms with Crippen molar-refractivity contribution in [1.29, 1.82) is 0 Å². The summed E-state index contributed by atoms with van der Waals surface area (Å²) in [6.07, 6.45) is 4.84. The third kappa shape index (κ3) is 4.15. The molecule has 1 aromatic rings. The van der Waals surface area contributed by atoms with E-state index in [2.05, 4.69) is 9.62 Å². The molecule has 0 spiro atoms. The van der Waals surface area contributed by atoms with E-state index >= 15 is 0 Å². The quantitative estimate of drug-likeness (QED) is 0.781. The topological polar surface area (TPSA) is 75.4 Å². The molecule has 2 rings (SSSR count). The number of nitrogens with zero attached hydrogens (tertiary/aromatic N) is 1. The third-order valence-corrected chi connectivity index (χ3v) is 5.50. The van der Waals surface area contributed by atoms with Crippen molar-refractivity contribution in [3.63, 3.8) is 0 Å². The maximum absolute atomic E-state index is 13.0. The maximum atomic E-state index is 13.0. The summed E-state index contributed by atoms with van der Waals surface area (Å²) < 4.78 is 39.8. The van der Waals surface area contributed by atoms with Crippen LogP contribution in [0.3, 0.4) is 0 Å². The summed E-state index contributed by atoms with van der Waals surface area (Å²) in [7, 11) is -1.68. The molecule has 0 aliphatic heterocycles. The standard InChI is InChI=1S/C14H22FN3O2S/c1-18(12-4-2-3-5-12)9-8-17-21(19,20)14-7-6-11(15)10-13(14)16/h6-7,10,12,17H,2-5,8-9,16H2,1H3. The number of hydrogen-bond acceptors (Lipinski definition) is 4. The van der Waals surface area contributed by atoms with E-state index in [1.807, 2.05) is 7.05 Å². The van der Waals surface area contributed by atoms with Crippen molar-refractivity contribution in [3.8, 4) is 0 Å². The molecule has 1 aliphatic carbocycles. The van der Waals surface area contributed by atoms with Crippen molar-refractivity contribution in [2.75, 3.05) is 25.9 Å². The maximum Gasteiger partial charge on any atom is 0.242 e. The van der Waals surface area contributed by atoms with Gasteiger partial charge in [-0.25, -0.2) is 17.5 Å². The van der Waals surface area contributed by atoms with Crippen LogP contribution >= 0.6 is 0 Å². The summed E-state index contributed by atoms with van der Waals surface area (Å²) in [4.78, 5) is 2.11. The van der Waals surface area contributed by atoms with Crippen LogP contribution in [-0.2, 0) is 10.0 Å². The number of nitrogens with one attached hydrogen (secondary N) is 1. The van der Waals surface area contributed by atoms with Crippen LogP contribution in [0.2, 0.25) is 0 Å². The Hall–Kier alpha value is -1.18. The van der Waals surface area contributed by atoms with Gasteiger partial charge in [0, 0.05) is 19.1 Å². The van der Waals surface area contributed by atoms with Gasteiger partial charge in [0.1, 0.15) is 10.7 Å². The monoisotopic (exact) mass is 315 g/mol. The number of anilines is 1. The Bertz CT molecular complexity index is 586. The normalized spacial score (nSPS) is 16.7. The zero-order valence-corrected chi connectivity index (χ0v) is 13.0. The SMILES string of the molecule is CN(CCNS(=O)(=O)c1ccc(F)cc1N)C1CCCC1. The van der Waals surface area contributed by atoms with Gasteiger partial charge < -0.3 is 10.6 Å². The van der Waals surface area contributed by atoms with Crippen molar-refractivity contribution in [1.82, 2.24) is 9.62 Å². The third-order valence-electron chi connectivity index (χ3n) is 3.97. The number of rotatable bonds is 6. The fraction of sp³-hybridized carbons (Fsp3) is 0.571.